The Morgan fingerprint density at radius 1 is 1.39 bits per heavy atom. The Morgan fingerprint density at radius 2 is 2.22 bits per heavy atom. The molecule has 5 nitrogen and oxygen atoms in total. The van der Waals surface area contributed by atoms with E-state index in [1.807, 2.05) is 12.4 Å². The summed E-state index contributed by atoms with van der Waals surface area (Å²) in [6.45, 7) is 7.41. The molecular formula is C13H26N4O. The van der Waals surface area contributed by atoms with Crippen molar-refractivity contribution in [1.82, 2.24) is 19.8 Å². The Hall–Kier alpha value is -0.910. The van der Waals surface area contributed by atoms with Crippen LogP contribution in [0.25, 0.3) is 0 Å². The molecule has 0 saturated heterocycles. The number of hydrogen-bond donors (Lipinski definition) is 1. The van der Waals surface area contributed by atoms with Crippen molar-refractivity contribution < 1.29 is 4.74 Å². The van der Waals surface area contributed by atoms with Crippen LogP contribution in [0, 0.1) is 0 Å². The highest BCUT2D eigenvalue weighted by Gasteiger charge is 2.00. The number of nitrogens with one attached hydrogen (secondary N) is 1. The van der Waals surface area contributed by atoms with Gasteiger partial charge in [0.25, 0.3) is 0 Å². The number of aryl methyl sites for hydroxylation is 1. The van der Waals surface area contributed by atoms with E-state index in [9.17, 15) is 0 Å². The predicted molar refractivity (Wildman–Crippen MR) is 73.6 cm³/mol. The Kier molecular flexibility index (Phi) is 7.64. The average Bonchev–Trinajstić information content (AvgIpc) is 2.76. The maximum absolute atomic E-state index is 5.51. The normalized spacial score (nSPS) is 11.3. The predicted octanol–water partition coefficient (Wildman–Crippen LogP) is 0.961. The molecular weight excluding hydrogens is 228 g/mol. The molecule has 0 atom stereocenters. The van der Waals surface area contributed by atoms with E-state index in [0.717, 1.165) is 51.6 Å². The van der Waals surface area contributed by atoms with Crippen molar-refractivity contribution in [3.8, 4) is 0 Å². The quantitative estimate of drug-likeness (QED) is 0.632. The summed E-state index contributed by atoms with van der Waals surface area (Å²) in [5.41, 5.74) is 0. The molecule has 0 radical (unpaired) electrons. The second-order valence-corrected chi connectivity index (χ2v) is 4.63. The van der Waals surface area contributed by atoms with E-state index in [1.165, 1.54) is 0 Å². The van der Waals surface area contributed by atoms with Gasteiger partial charge in [-0.15, -0.1) is 0 Å². The zero-order chi connectivity index (χ0) is 13.2. The third-order valence-electron chi connectivity index (χ3n) is 2.66. The van der Waals surface area contributed by atoms with Gasteiger partial charge in [0.05, 0.1) is 19.8 Å². The summed E-state index contributed by atoms with van der Waals surface area (Å²) in [6, 6.07) is 0. The van der Waals surface area contributed by atoms with Crippen LogP contribution in [0.5, 0.6) is 0 Å². The summed E-state index contributed by atoms with van der Waals surface area (Å²) in [5, 5.41) is 3.35. The molecule has 0 aliphatic carbocycles. The molecule has 1 aromatic rings. The van der Waals surface area contributed by atoms with Crippen molar-refractivity contribution in [3.05, 3.63) is 18.2 Å². The first-order chi connectivity index (χ1) is 8.74. The van der Waals surface area contributed by atoms with Gasteiger partial charge in [-0.05, 0) is 20.5 Å². The summed E-state index contributed by atoms with van der Waals surface area (Å²) in [4.78, 5) is 6.46. The number of rotatable bonds is 10. The number of likely N-dealkylation sites (N-methyl/N-ethyl adjacent to an activating group) is 1. The minimum atomic E-state index is 0.752. The summed E-state index contributed by atoms with van der Waals surface area (Å²) in [7, 11) is 4.10. The molecule has 0 aromatic carbocycles. The van der Waals surface area contributed by atoms with Crippen molar-refractivity contribution in [1.29, 1.82) is 0 Å². The lowest BCUT2D eigenvalue weighted by atomic mass is 10.4. The minimum absolute atomic E-state index is 0.752. The highest BCUT2D eigenvalue weighted by atomic mass is 16.5. The highest BCUT2D eigenvalue weighted by molar-refractivity contribution is 4.91. The molecule has 0 saturated carbocycles. The van der Waals surface area contributed by atoms with Gasteiger partial charge in [-0.1, -0.05) is 6.92 Å². The van der Waals surface area contributed by atoms with E-state index in [2.05, 4.69) is 40.8 Å². The third-order valence-corrected chi connectivity index (χ3v) is 2.66. The molecule has 0 amide bonds. The zero-order valence-corrected chi connectivity index (χ0v) is 11.9. The first-order valence-corrected chi connectivity index (χ1v) is 6.67. The second kappa shape index (κ2) is 9.08. The fourth-order valence-electron chi connectivity index (χ4n) is 1.65. The SMILES string of the molecule is CCCn1ccnc1CNCCOCCN(C)C. The number of hydrogen-bond acceptors (Lipinski definition) is 4. The number of imidazole rings is 1. The molecule has 5 heteroatoms. The third kappa shape index (κ3) is 6.14. The molecule has 0 spiro atoms. The molecule has 18 heavy (non-hydrogen) atoms. The van der Waals surface area contributed by atoms with Crippen LogP contribution in [0.1, 0.15) is 19.2 Å². The first kappa shape index (κ1) is 15.1. The van der Waals surface area contributed by atoms with Crippen LogP contribution >= 0.6 is 0 Å². The van der Waals surface area contributed by atoms with Crippen molar-refractivity contribution in [2.45, 2.75) is 26.4 Å². The van der Waals surface area contributed by atoms with E-state index in [0.29, 0.717) is 0 Å². The van der Waals surface area contributed by atoms with E-state index in [1.54, 1.807) is 0 Å². The van der Waals surface area contributed by atoms with Crippen LogP contribution in [0.15, 0.2) is 12.4 Å². The van der Waals surface area contributed by atoms with Crippen LogP contribution in [-0.4, -0.2) is 54.8 Å². The van der Waals surface area contributed by atoms with Crippen molar-refractivity contribution in [2.24, 2.45) is 0 Å². The Bertz CT molecular complexity index is 312. The van der Waals surface area contributed by atoms with Gasteiger partial charge >= 0.3 is 0 Å². The monoisotopic (exact) mass is 254 g/mol. The van der Waals surface area contributed by atoms with Crippen molar-refractivity contribution in [3.63, 3.8) is 0 Å². The van der Waals surface area contributed by atoms with Gasteiger partial charge in [0, 0.05) is 32.0 Å². The van der Waals surface area contributed by atoms with Gasteiger partial charge in [-0.2, -0.15) is 0 Å². The fourth-order valence-corrected chi connectivity index (χ4v) is 1.65. The second-order valence-electron chi connectivity index (χ2n) is 4.63. The van der Waals surface area contributed by atoms with Gasteiger partial charge in [-0.25, -0.2) is 4.98 Å². The van der Waals surface area contributed by atoms with Crippen LogP contribution in [0.4, 0.5) is 0 Å². The Labute approximate surface area is 110 Å². The topological polar surface area (TPSA) is 42.3 Å². The summed E-state index contributed by atoms with van der Waals surface area (Å²) in [6.07, 6.45) is 5.03. The standard InChI is InChI=1S/C13H26N4O/c1-4-7-17-8-5-15-13(17)12-14-6-10-18-11-9-16(2)3/h5,8,14H,4,6-7,9-12H2,1-3H3. The number of aromatic nitrogens is 2. The fraction of sp³-hybridized carbons (Fsp3) is 0.769. The molecule has 0 aliphatic rings. The first-order valence-electron chi connectivity index (χ1n) is 6.67. The van der Waals surface area contributed by atoms with E-state index >= 15 is 0 Å². The van der Waals surface area contributed by atoms with Gasteiger partial charge in [0.15, 0.2) is 0 Å². The molecule has 104 valence electrons. The lowest BCUT2D eigenvalue weighted by molar-refractivity contribution is 0.119. The molecule has 1 aromatic heterocycles. The Balaban J connectivity index is 2.05. The molecule has 1 heterocycles. The molecule has 1 rings (SSSR count). The smallest absolute Gasteiger partial charge is 0.122 e. The largest absolute Gasteiger partial charge is 0.379 e. The molecule has 0 fully saturated rings. The van der Waals surface area contributed by atoms with Crippen LogP contribution < -0.4 is 5.32 Å². The molecule has 0 unspecified atom stereocenters. The van der Waals surface area contributed by atoms with Gasteiger partial charge in [0.1, 0.15) is 5.82 Å². The summed E-state index contributed by atoms with van der Waals surface area (Å²) in [5.74, 6) is 1.10. The Morgan fingerprint density at radius 3 is 2.94 bits per heavy atom. The van der Waals surface area contributed by atoms with E-state index in [4.69, 9.17) is 4.74 Å². The summed E-state index contributed by atoms with van der Waals surface area (Å²) >= 11 is 0. The van der Waals surface area contributed by atoms with Crippen LogP contribution in [0.3, 0.4) is 0 Å². The summed E-state index contributed by atoms with van der Waals surface area (Å²) < 4.78 is 7.70. The van der Waals surface area contributed by atoms with E-state index in [-0.39, 0.29) is 0 Å². The van der Waals surface area contributed by atoms with Crippen LogP contribution in [-0.2, 0) is 17.8 Å². The molecule has 1 N–H and O–H groups in total. The maximum atomic E-state index is 5.51. The number of nitrogens with zero attached hydrogens (tertiary/aromatic N) is 3. The average molecular weight is 254 g/mol. The molecule has 0 aliphatic heterocycles. The lowest BCUT2D eigenvalue weighted by Crippen LogP contribution is -2.24. The minimum Gasteiger partial charge on any atom is -0.379 e. The van der Waals surface area contributed by atoms with Crippen molar-refractivity contribution >= 4 is 0 Å². The highest BCUT2D eigenvalue weighted by Crippen LogP contribution is 1.98. The van der Waals surface area contributed by atoms with Crippen LogP contribution in [0.2, 0.25) is 0 Å². The lowest BCUT2D eigenvalue weighted by Gasteiger charge is -2.10. The zero-order valence-electron chi connectivity index (χ0n) is 11.9. The molecule has 0 bridgehead atoms. The van der Waals surface area contributed by atoms with Gasteiger partial charge in [0.2, 0.25) is 0 Å². The van der Waals surface area contributed by atoms with E-state index < -0.39 is 0 Å². The maximum Gasteiger partial charge on any atom is 0.122 e. The van der Waals surface area contributed by atoms with Gasteiger partial charge in [-0.3, -0.25) is 0 Å². The number of ether oxygens (including phenoxy) is 1. The van der Waals surface area contributed by atoms with Crippen molar-refractivity contribution in [2.75, 3.05) is 40.4 Å². The van der Waals surface area contributed by atoms with Gasteiger partial charge < -0.3 is 19.5 Å².